The third-order valence-electron chi connectivity index (χ3n) is 11.1. The zero-order chi connectivity index (χ0) is 26.4. The van der Waals surface area contributed by atoms with Crippen molar-refractivity contribution in [2.45, 2.75) is 82.3 Å². The van der Waals surface area contributed by atoms with Crippen LogP contribution >= 0.6 is 0 Å². The van der Waals surface area contributed by atoms with E-state index in [-0.39, 0.29) is 25.2 Å². The number of hydrogen-bond donors (Lipinski definition) is 1. The first kappa shape index (κ1) is 23.8. The molecular formula is C27H32O10. The minimum Gasteiger partial charge on any atom is -0.472 e. The van der Waals surface area contributed by atoms with Crippen molar-refractivity contribution in [2.24, 2.45) is 28.1 Å². The van der Waals surface area contributed by atoms with E-state index in [2.05, 4.69) is 0 Å². The number of rotatable bonds is 2. The van der Waals surface area contributed by atoms with Crippen molar-refractivity contribution in [2.75, 3.05) is 13.7 Å². The van der Waals surface area contributed by atoms with E-state index in [0.29, 0.717) is 12.0 Å². The van der Waals surface area contributed by atoms with Crippen LogP contribution in [0, 0.1) is 28.1 Å². The molecule has 200 valence electrons. The highest BCUT2D eigenvalue weighted by molar-refractivity contribution is 5.88. The Morgan fingerprint density at radius 1 is 1.16 bits per heavy atom. The van der Waals surface area contributed by atoms with E-state index in [9.17, 15) is 19.5 Å². The van der Waals surface area contributed by atoms with Gasteiger partial charge in [-0.15, -0.1) is 0 Å². The first-order valence-corrected chi connectivity index (χ1v) is 12.9. The Bertz CT molecular complexity index is 1220. The summed E-state index contributed by atoms with van der Waals surface area (Å²) < 4.78 is 36.0. The highest BCUT2D eigenvalue weighted by Crippen LogP contribution is 2.79. The number of furan rings is 1. The van der Waals surface area contributed by atoms with Crippen LogP contribution in [0.3, 0.4) is 0 Å². The lowest BCUT2D eigenvalue weighted by molar-refractivity contribution is -0.307. The minimum atomic E-state index is -1.90. The predicted molar refractivity (Wildman–Crippen MR) is 121 cm³/mol. The maximum Gasteiger partial charge on any atom is 0.335 e. The van der Waals surface area contributed by atoms with Crippen LogP contribution in [0.4, 0.5) is 0 Å². The normalized spacial score (nSPS) is 52.8. The molecule has 2 bridgehead atoms. The molecule has 2 aliphatic carbocycles. The molecule has 10 nitrogen and oxygen atoms in total. The Hall–Kier alpha value is -2.27. The molecule has 1 aromatic heterocycles. The van der Waals surface area contributed by atoms with Gasteiger partial charge in [-0.25, -0.2) is 4.79 Å². The second-order valence-corrected chi connectivity index (χ2v) is 12.8. The molecule has 4 saturated heterocycles. The Balaban J connectivity index is 1.47. The fourth-order valence-corrected chi connectivity index (χ4v) is 9.26. The summed E-state index contributed by atoms with van der Waals surface area (Å²) in [6.45, 7) is 7.64. The van der Waals surface area contributed by atoms with Gasteiger partial charge in [-0.1, -0.05) is 27.7 Å². The van der Waals surface area contributed by atoms with Crippen LogP contribution in [0.5, 0.6) is 0 Å². The number of aliphatic hydroxyl groups is 1. The molecule has 6 fully saturated rings. The maximum atomic E-state index is 13.6. The summed E-state index contributed by atoms with van der Waals surface area (Å²) in [4.78, 5) is 39.8. The van der Waals surface area contributed by atoms with Gasteiger partial charge in [0.25, 0.3) is 0 Å². The lowest BCUT2D eigenvalue weighted by Gasteiger charge is -2.58. The van der Waals surface area contributed by atoms with E-state index >= 15 is 0 Å². The van der Waals surface area contributed by atoms with Crippen LogP contribution in [0.2, 0.25) is 0 Å². The summed E-state index contributed by atoms with van der Waals surface area (Å²) in [6, 6.07) is 1.75. The van der Waals surface area contributed by atoms with Gasteiger partial charge in [-0.2, -0.15) is 0 Å². The molecule has 37 heavy (non-hydrogen) atoms. The van der Waals surface area contributed by atoms with E-state index < -0.39 is 75.3 Å². The average Bonchev–Trinajstić information content (AvgIpc) is 3.29. The second kappa shape index (κ2) is 6.65. The number of cyclic esters (lactones) is 1. The number of carbonyl (C=O) groups excluding carboxylic acids is 3. The van der Waals surface area contributed by atoms with Crippen molar-refractivity contribution in [1.82, 2.24) is 0 Å². The van der Waals surface area contributed by atoms with Crippen molar-refractivity contribution in [3.8, 4) is 0 Å². The monoisotopic (exact) mass is 516 g/mol. The molecular weight excluding hydrogens is 484 g/mol. The fraction of sp³-hybridized carbons (Fsp3) is 0.741. The number of Topliss-reactive ketones (excluding diaryl/α,β-unsaturated/α-hetero) is 1. The molecule has 1 aromatic rings. The SMILES string of the molecule is COC(=O)[C@@H]1O[C@@]2(O)[C@H]3C[C@@]4(C)[C@H](c5ccoc5)OC(=O)C[C@]4(O[C@H]4CC(=O)C(C)(C)C1[C@]42C)[C@]31CO1. The lowest BCUT2D eigenvalue weighted by Crippen LogP contribution is -2.66. The molecule has 10 atom stereocenters. The second-order valence-electron chi connectivity index (χ2n) is 12.8. The summed E-state index contributed by atoms with van der Waals surface area (Å²) in [7, 11) is 1.27. The number of ether oxygens (including phenoxy) is 5. The highest BCUT2D eigenvalue weighted by Gasteiger charge is 2.91. The molecule has 0 amide bonds. The average molecular weight is 517 g/mol. The Morgan fingerprint density at radius 3 is 2.51 bits per heavy atom. The van der Waals surface area contributed by atoms with Gasteiger partial charge < -0.3 is 33.2 Å². The maximum absolute atomic E-state index is 13.6. The van der Waals surface area contributed by atoms with Gasteiger partial charge in [0.15, 0.2) is 11.9 Å². The van der Waals surface area contributed by atoms with Gasteiger partial charge in [0.1, 0.15) is 23.1 Å². The summed E-state index contributed by atoms with van der Waals surface area (Å²) in [5.41, 5.74) is -4.57. The molecule has 1 unspecified atom stereocenters. The number of esters is 2. The molecule has 0 radical (unpaired) electrons. The van der Waals surface area contributed by atoms with Crippen molar-refractivity contribution < 1.29 is 47.6 Å². The number of ketones is 1. The number of fused-ring (bicyclic) bond motifs is 1. The third-order valence-corrected chi connectivity index (χ3v) is 11.1. The first-order chi connectivity index (χ1) is 17.3. The molecule has 6 aliphatic rings. The molecule has 5 heterocycles. The zero-order valence-corrected chi connectivity index (χ0v) is 21.6. The topological polar surface area (TPSA) is 134 Å². The van der Waals surface area contributed by atoms with Crippen molar-refractivity contribution >= 4 is 17.7 Å². The number of hydrogen-bond acceptors (Lipinski definition) is 10. The van der Waals surface area contributed by atoms with Crippen molar-refractivity contribution in [3.05, 3.63) is 24.2 Å². The Labute approximate surface area is 213 Å². The molecule has 2 spiro atoms. The van der Waals surface area contributed by atoms with Crippen LogP contribution < -0.4 is 0 Å². The van der Waals surface area contributed by atoms with Crippen LogP contribution in [0.1, 0.15) is 58.6 Å². The number of methoxy groups -OCH3 is 1. The van der Waals surface area contributed by atoms with Crippen LogP contribution in [0.15, 0.2) is 23.0 Å². The summed E-state index contributed by atoms with van der Waals surface area (Å²) in [6.07, 6.45) is 0.585. The van der Waals surface area contributed by atoms with E-state index in [1.54, 1.807) is 26.2 Å². The van der Waals surface area contributed by atoms with Crippen molar-refractivity contribution in [3.63, 3.8) is 0 Å². The number of carbonyl (C=O) groups is 3. The highest BCUT2D eigenvalue weighted by atomic mass is 16.7. The molecule has 2 saturated carbocycles. The van der Waals surface area contributed by atoms with Crippen LogP contribution in [0.25, 0.3) is 0 Å². The quantitative estimate of drug-likeness (QED) is 0.460. The van der Waals surface area contributed by atoms with E-state index in [4.69, 9.17) is 28.1 Å². The largest absolute Gasteiger partial charge is 0.472 e. The molecule has 10 heteroatoms. The Morgan fingerprint density at radius 2 is 1.89 bits per heavy atom. The van der Waals surface area contributed by atoms with Crippen molar-refractivity contribution in [1.29, 1.82) is 0 Å². The van der Waals surface area contributed by atoms with E-state index in [1.807, 2.05) is 13.8 Å². The van der Waals surface area contributed by atoms with Gasteiger partial charge in [0.2, 0.25) is 0 Å². The predicted octanol–water partition coefficient (Wildman–Crippen LogP) is 2.08. The molecule has 1 N–H and O–H groups in total. The van der Waals surface area contributed by atoms with Crippen LogP contribution in [-0.2, 0) is 38.1 Å². The third kappa shape index (κ3) is 2.33. The number of epoxide rings is 1. The van der Waals surface area contributed by atoms with Crippen LogP contribution in [-0.4, -0.2) is 65.7 Å². The summed E-state index contributed by atoms with van der Waals surface area (Å²) >= 11 is 0. The standard InChI is InChI=1S/C27H32O10/c1-22(2)15(28)8-16-24(4)19(22)18(21(30)32-5)37-27(24,31)14-9-23(3)20(13-6-7-33-11-13)35-17(29)10-26(23,36-16)25(14)12-34-25/h6-7,11,14,16,18-20,31H,8-10,12H2,1-5H3/t14-,16-,18+,19?,20-,23-,24-,25-,26+,27-/m0/s1. The van der Waals surface area contributed by atoms with Gasteiger partial charge in [-0.05, 0) is 12.5 Å². The molecule has 0 aromatic carbocycles. The molecule has 4 aliphatic heterocycles. The van der Waals surface area contributed by atoms with Gasteiger partial charge >= 0.3 is 11.9 Å². The fourth-order valence-electron chi connectivity index (χ4n) is 9.26. The Kier molecular flexibility index (Phi) is 4.28. The molecule has 7 rings (SSSR count). The minimum absolute atomic E-state index is 0.00557. The van der Waals surface area contributed by atoms with Gasteiger partial charge in [0.05, 0.1) is 44.2 Å². The van der Waals surface area contributed by atoms with Gasteiger partial charge in [0, 0.05) is 34.7 Å². The van der Waals surface area contributed by atoms with E-state index in [1.165, 1.54) is 13.4 Å². The first-order valence-electron chi connectivity index (χ1n) is 12.9. The van der Waals surface area contributed by atoms with E-state index in [0.717, 1.165) is 0 Å². The summed E-state index contributed by atoms with van der Waals surface area (Å²) in [5, 5.41) is 12.7. The van der Waals surface area contributed by atoms with Gasteiger partial charge in [-0.3, -0.25) is 9.59 Å². The smallest absolute Gasteiger partial charge is 0.335 e. The summed E-state index contributed by atoms with van der Waals surface area (Å²) in [5.74, 6) is -4.48. The lowest BCUT2D eigenvalue weighted by atomic mass is 9.50. The zero-order valence-electron chi connectivity index (χ0n) is 21.6.